The number of alkyl halides is 1. The van der Waals surface area contributed by atoms with Crippen LogP contribution >= 0.6 is 22.9 Å². The number of hydrogen-bond acceptors (Lipinski definition) is 2. The second kappa shape index (κ2) is 5.66. The van der Waals surface area contributed by atoms with Crippen molar-refractivity contribution in [2.45, 2.75) is 43.9 Å². The lowest BCUT2D eigenvalue weighted by Crippen LogP contribution is -1.91. The second-order valence-electron chi connectivity index (χ2n) is 5.99. The number of rotatable bonds is 2. The molecule has 1 aromatic carbocycles. The van der Waals surface area contributed by atoms with Crippen molar-refractivity contribution in [1.82, 2.24) is 0 Å². The second-order valence-corrected chi connectivity index (χ2v) is 7.59. The van der Waals surface area contributed by atoms with Gasteiger partial charge in [-0.1, -0.05) is 18.6 Å². The third-order valence-electron chi connectivity index (χ3n) is 4.52. The van der Waals surface area contributed by atoms with E-state index >= 15 is 0 Å². The van der Waals surface area contributed by atoms with Crippen molar-refractivity contribution in [3.63, 3.8) is 0 Å². The highest BCUT2D eigenvalue weighted by atomic mass is 35.5. The summed E-state index contributed by atoms with van der Waals surface area (Å²) in [5.41, 5.74) is 4.05. The maximum absolute atomic E-state index is 6.76. The van der Waals surface area contributed by atoms with Crippen molar-refractivity contribution < 1.29 is 4.74 Å². The Balaban J connectivity index is 1.64. The van der Waals surface area contributed by atoms with Crippen molar-refractivity contribution in [1.29, 1.82) is 0 Å². The van der Waals surface area contributed by atoms with E-state index in [0.29, 0.717) is 0 Å². The number of halogens is 1. The molecule has 0 bridgehead atoms. The van der Waals surface area contributed by atoms with Crippen LogP contribution in [0, 0.1) is 0 Å². The fraction of sp³-hybridized carbons (Fsp3) is 0.444. The normalized spacial score (nSPS) is 18.5. The highest BCUT2D eigenvalue weighted by Crippen LogP contribution is 2.39. The van der Waals surface area contributed by atoms with Gasteiger partial charge in [0.2, 0.25) is 0 Å². The summed E-state index contributed by atoms with van der Waals surface area (Å²) in [6, 6.07) is 8.77. The fourth-order valence-corrected chi connectivity index (χ4v) is 4.94. The predicted octanol–water partition coefficient (Wildman–Crippen LogP) is 5.28. The van der Waals surface area contributed by atoms with Crippen LogP contribution in [0.4, 0.5) is 0 Å². The highest BCUT2D eigenvalue weighted by Gasteiger charge is 2.20. The number of aryl methyl sites for hydroxylation is 2. The molecule has 1 nitrogen and oxygen atoms in total. The zero-order chi connectivity index (χ0) is 14.2. The molecule has 2 heterocycles. The van der Waals surface area contributed by atoms with Crippen molar-refractivity contribution >= 4 is 22.9 Å². The van der Waals surface area contributed by atoms with Gasteiger partial charge in [-0.25, -0.2) is 0 Å². The highest BCUT2D eigenvalue weighted by molar-refractivity contribution is 7.12. The zero-order valence-electron chi connectivity index (χ0n) is 12.0. The molecule has 0 radical (unpaired) electrons. The van der Waals surface area contributed by atoms with E-state index in [1.165, 1.54) is 48.1 Å². The topological polar surface area (TPSA) is 9.23 Å². The minimum Gasteiger partial charge on any atom is -0.493 e. The molecule has 1 aromatic heterocycles. The molecule has 0 spiro atoms. The van der Waals surface area contributed by atoms with Crippen LogP contribution in [-0.2, 0) is 19.3 Å². The van der Waals surface area contributed by atoms with Crippen LogP contribution in [-0.4, -0.2) is 6.61 Å². The SMILES string of the molecule is ClC(c1ccc2c(c1)CCO2)c1cc2c(s1)CCCCC2. The predicted molar refractivity (Wildman–Crippen MR) is 88.9 cm³/mol. The first-order valence-corrected chi connectivity index (χ1v) is 9.08. The molecule has 0 fully saturated rings. The summed E-state index contributed by atoms with van der Waals surface area (Å²) in [4.78, 5) is 2.88. The summed E-state index contributed by atoms with van der Waals surface area (Å²) in [6.07, 6.45) is 7.50. The molecule has 1 atom stereocenters. The van der Waals surface area contributed by atoms with E-state index in [4.69, 9.17) is 16.3 Å². The van der Waals surface area contributed by atoms with Gasteiger partial charge in [0.15, 0.2) is 0 Å². The van der Waals surface area contributed by atoms with E-state index in [0.717, 1.165) is 18.8 Å². The van der Waals surface area contributed by atoms with Gasteiger partial charge in [0.25, 0.3) is 0 Å². The molecule has 0 saturated heterocycles. The maximum atomic E-state index is 6.76. The standard InChI is InChI=1S/C18H19ClOS/c19-18(14-6-7-15-12(10-14)8-9-20-15)17-11-13-4-2-1-3-5-16(13)21-17/h6-7,10-11,18H,1-5,8-9H2. The Morgan fingerprint density at radius 1 is 1.00 bits per heavy atom. The van der Waals surface area contributed by atoms with E-state index < -0.39 is 0 Å². The van der Waals surface area contributed by atoms with Crippen LogP contribution in [0.3, 0.4) is 0 Å². The molecule has 3 heteroatoms. The molecule has 2 aliphatic rings. The van der Waals surface area contributed by atoms with Gasteiger partial charge in [0.1, 0.15) is 5.75 Å². The van der Waals surface area contributed by atoms with Crippen LogP contribution in [0.25, 0.3) is 0 Å². The molecule has 110 valence electrons. The number of hydrogen-bond donors (Lipinski definition) is 0. The first-order valence-electron chi connectivity index (χ1n) is 7.82. The van der Waals surface area contributed by atoms with Gasteiger partial charge in [-0.3, -0.25) is 0 Å². The van der Waals surface area contributed by atoms with Crippen LogP contribution in [0.5, 0.6) is 5.75 Å². The Morgan fingerprint density at radius 2 is 1.90 bits per heavy atom. The molecule has 4 rings (SSSR count). The quantitative estimate of drug-likeness (QED) is 0.540. The molecule has 0 N–H and O–H groups in total. The number of fused-ring (bicyclic) bond motifs is 2. The van der Waals surface area contributed by atoms with Gasteiger partial charge in [-0.15, -0.1) is 22.9 Å². The summed E-state index contributed by atoms with van der Waals surface area (Å²) in [6.45, 7) is 0.805. The van der Waals surface area contributed by atoms with Crippen LogP contribution in [0.15, 0.2) is 24.3 Å². The van der Waals surface area contributed by atoms with Gasteiger partial charge < -0.3 is 4.74 Å². The Labute approximate surface area is 134 Å². The molecule has 0 saturated carbocycles. The van der Waals surface area contributed by atoms with E-state index in [9.17, 15) is 0 Å². The summed E-state index contributed by atoms with van der Waals surface area (Å²) < 4.78 is 5.58. The first-order chi connectivity index (χ1) is 10.3. The smallest absolute Gasteiger partial charge is 0.122 e. The van der Waals surface area contributed by atoms with E-state index in [-0.39, 0.29) is 5.38 Å². The van der Waals surface area contributed by atoms with E-state index in [2.05, 4.69) is 24.3 Å². The summed E-state index contributed by atoms with van der Waals surface area (Å²) >= 11 is 8.69. The zero-order valence-corrected chi connectivity index (χ0v) is 13.6. The number of benzene rings is 1. The van der Waals surface area contributed by atoms with Crippen molar-refractivity contribution in [3.05, 3.63) is 50.7 Å². The molecule has 1 aliphatic heterocycles. The van der Waals surface area contributed by atoms with E-state index in [1.54, 1.807) is 10.4 Å². The molecule has 1 unspecified atom stereocenters. The first kappa shape index (κ1) is 13.7. The van der Waals surface area contributed by atoms with Crippen LogP contribution < -0.4 is 4.74 Å². The minimum absolute atomic E-state index is 0.0205. The van der Waals surface area contributed by atoms with Crippen molar-refractivity contribution in [2.75, 3.05) is 6.61 Å². The van der Waals surface area contributed by atoms with Gasteiger partial charge in [0, 0.05) is 16.2 Å². The summed E-state index contributed by atoms with van der Waals surface area (Å²) in [5.74, 6) is 1.03. The lowest BCUT2D eigenvalue weighted by molar-refractivity contribution is 0.357. The van der Waals surface area contributed by atoms with Crippen molar-refractivity contribution in [2.24, 2.45) is 0 Å². The largest absolute Gasteiger partial charge is 0.493 e. The minimum atomic E-state index is -0.0205. The van der Waals surface area contributed by atoms with Crippen LogP contribution in [0.2, 0.25) is 0 Å². The lowest BCUT2D eigenvalue weighted by atomic mass is 10.0. The molecule has 21 heavy (non-hydrogen) atoms. The van der Waals surface area contributed by atoms with Gasteiger partial charge in [-0.05, 0) is 54.5 Å². The third-order valence-corrected chi connectivity index (χ3v) is 6.44. The molecular formula is C18H19ClOS. The molecular weight excluding hydrogens is 300 g/mol. The van der Waals surface area contributed by atoms with Crippen LogP contribution in [0.1, 0.15) is 51.1 Å². The van der Waals surface area contributed by atoms with E-state index in [1.807, 2.05) is 11.3 Å². The Bertz CT molecular complexity index is 638. The van der Waals surface area contributed by atoms with Gasteiger partial charge in [-0.2, -0.15) is 0 Å². The average Bonchev–Trinajstić information content (AvgIpc) is 3.08. The molecule has 0 amide bonds. The van der Waals surface area contributed by atoms with Gasteiger partial charge in [0.05, 0.1) is 12.0 Å². The maximum Gasteiger partial charge on any atom is 0.122 e. The Kier molecular flexibility index (Phi) is 3.68. The lowest BCUT2D eigenvalue weighted by Gasteiger charge is -2.09. The number of ether oxygens (including phenoxy) is 1. The number of thiophene rings is 1. The average molecular weight is 319 g/mol. The molecule has 2 aromatic rings. The Morgan fingerprint density at radius 3 is 2.86 bits per heavy atom. The Hall–Kier alpha value is -0.990. The van der Waals surface area contributed by atoms with Gasteiger partial charge >= 0.3 is 0 Å². The summed E-state index contributed by atoms with van der Waals surface area (Å²) in [7, 11) is 0. The molecule has 1 aliphatic carbocycles. The summed E-state index contributed by atoms with van der Waals surface area (Å²) in [5, 5.41) is -0.0205. The monoisotopic (exact) mass is 318 g/mol. The third kappa shape index (κ3) is 2.60. The van der Waals surface area contributed by atoms with Crippen molar-refractivity contribution in [3.8, 4) is 5.75 Å². The fourth-order valence-electron chi connectivity index (χ4n) is 3.34.